The maximum Gasteiger partial charge on any atom is 0.246 e. The molecule has 2 amide bonds. The standard InChI is InChI=1S/C10H10N4O2/c1-7(15)13(8(2)16)14-10-6-4-3-5-9(10)11-12-14/h3-6H,1-2H3. The number of benzene rings is 1. The minimum atomic E-state index is -0.400. The van der Waals surface area contributed by atoms with E-state index in [-0.39, 0.29) is 0 Å². The van der Waals surface area contributed by atoms with Crippen molar-refractivity contribution >= 4 is 22.8 Å². The number of imide groups is 1. The zero-order valence-corrected chi connectivity index (χ0v) is 8.91. The summed E-state index contributed by atoms with van der Waals surface area (Å²) < 4.78 is 0. The summed E-state index contributed by atoms with van der Waals surface area (Å²) in [5.41, 5.74) is 1.25. The van der Waals surface area contributed by atoms with Gasteiger partial charge in [-0.05, 0) is 17.3 Å². The lowest BCUT2D eigenvalue weighted by molar-refractivity contribution is -0.126. The van der Waals surface area contributed by atoms with E-state index >= 15 is 0 Å². The third-order valence-corrected chi connectivity index (χ3v) is 2.12. The molecule has 0 unspecified atom stereocenters. The fourth-order valence-electron chi connectivity index (χ4n) is 1.49. The van der Waals surface area contributed by atoms with E-state index in [9.17, 15) is 9.59 Å². The van der Waals surface area contributed by atoms with Crippen LogP contribution < -0.4 is 5.01 Å². The lowest BCUT2D eigenvalue weighted by Crippen LogP contribution is -2.43. The Morgan fingerprint density at radius 3 is 2.44 bits per heavy atom. The van der Waals surface area contributed by atoms with Crippen LogP contribution in [0.3, 0.4) is 0 Å². The Balaban J connectivity index is 2.61. The molecule has 0 N–H and O–H groups in total. The fraction of sp³-hybridized carbons (Fsp3) is 0.200. The Bertz CT molecular complexity index is 547. The Kier molecular flexibility index (Phi) is 2.40. The van der Waals surface area contributed by atoms with E-state index in [1.54, 1.807) is 18.2 Å². The van der Waals surface area contributed by atoms with Crippen molar-refractivity contribution in [2.75, 3.05) is 5.01 Å². The van der Waals surface area contributed by atoms with Gasteiger partial charge in [0.25, 0.3) is 0 Å². The number of hydrogen-bond acceptors (Lipinski definition) is 4. The van der Waals surface area contributed by atoms with Crippen molar-refractivity contribution in [2.24, 2.45) is 0 Å². The summed E-state index contributed by atoms with van der Waals surface area (Å²) in [6.45, 7) is 2.61. The average Bonchev–Trinajstić information content (AvgIpc) is 2.61. The van der Waals surface area contributed by atoms with Crippen LogP contribution in [0.2, 0.25) is 0 Å². The lowest BCUT2D eigenvalue weighted by Gasteiger charge is -2.16. The van der Waals surface area contributed by atoms with Gasteiger partial charge in [0.2, 0.25) is 11.8 Å². The van der Waals surface area contributed by atoms with Crippen LogP contribution in [0.1, 0.15) is 13.8 Å². The molecule has 6 nitrogen and oxygen atoms in total. The summed E-state index contributed by atoms with van der Waals surface area (Å²) in [5.74, 6) is -0.800. The Morgan fingerprint density at radius 1 is 1.19 bits per heavy atom. The number of carbonyl (C=O) groups is 2. The van der Waals surface area contributed by atoms with Crippen LogP contribution in [-0.4, -0.2) is 26.9 Å². The van der Waals surface area contributed by atoms with Gasteiger partial charge in [0, 0.05) is 13.8 Å². The average molecular weight is 218 g/mol. The molecule has 16 heavy (non-hydrogen) atoms. The molecule has 0 aliphatic heterocycles. The molecule has 2 rings (SSSR count). The number of hydrogen-bond donors (Lipinski definition) is 0. The van der Waals surface area contributed by atoms with E-state index in [1.807, 2.05) is 6.07 Å². The van der Waals surface area contributed by atoms with Crippen molar-refractivity contribution in [2.45, 2.75) is 13.8 Å². The van der Waals surface area contributed by atoms with Crippen molar-refractivity contribution in [3.8, 4) is 0 Å². The second kappa shape index (κ2) is 3.73. The highest BCUT2D eigenvalue weighted by Gasteiger charge is 2.19. The number of amides is 2. The number of fused-ring (bicyclic) bond motifs is 1. The van der Waals surface area contributed by atoms with Gasteiger partial charge in [0.05, 0.1) is 0 Å². The normalized spacial score (nSPS) is 10.4. The van der Waals surface area contributed by atoms with Gasteiger partial charge in [-0.15, -0.1) is 9.89 Å². The van der Waals surface area contributed by atoms with Gasteiger partial charge >= 0.3 is 0 Å². The van der Waals surface area contributed by atoms with Gasteiger partial charge in [-0.25, -0.2) is 0 Å². The molecular weight excluding hydrogens is 208 g/mol. The smallest absolute Gasteiger partial charge is 0.246 e. The first-order valence-corrected chi connectivity index (χ1v) is 4.73. The minimum Gasteiger partial charge on any atom is -0.273 e. The summed E-state index contributed by atoms with van der Waals surface area (Å²) in [4.78, 5) is 23.9. The van der Waals surface area contributed by atoms with Gasteiger partial charge < -0.3 is 0 Å². The fourth-order valence-corrected chi connectivity index (χ4v) is 1.49. The van der Waals surface area contributed by atoms with Crippen LogP contribution in [0, 0.1) is 0 Å². The Hall–Kier alpha value is -2.24. The maximum atomic E-state index is 11.3. The second-order valence-electron chi connectivity index (χ2n) is 3.32. The molecule has 0 aliphatic rings. The summed E-state index contributed by atoms with van der Waals surface area (Å²) in [6.07, 6.45) is 0. The van der Waals surface area contributed by atoms with Crippen LogP contribution in [0.5, 0.6) is 0 Å². The lowest BCUT2D eigenvalue weighted by atomic mass is 10.3. The summed E-state index contributed by atoms with van der Waals surface area (Å²) in [6, 6.07) is 7.11. The van der Waals surface area contributed by atoms with E-state index in [0.29, 0.717) is 11.0 Å². The van der Waals surface area contributed by atoms with Gasteiger partial charge in [-0.3, -0.25) is 9.59 Å². The van der Waals surface area contributed by atoms with E-state index in [4.69, 9.17) is 0 Å². The molecule has 6 heteroatoms. The van der Waals surface area contributed by atoms with Crippen molar-refractivity contribution in [3.63, 3.8) is 0 Å². The van der Waals surface area contributed by atoms with Gasteiger partial charge in [0.15, 0.2) is 0 Å². The zero-order valence-electron chi connectivity index (χ0n) is 8.91. The molecular formula is C10H10N4O2. The number of para-hydroxylation sites is 1. The highest BCUT2D eigenvalue weighted by Crippen LogP contribution is 2.10. The first-order chi connectivity index (χ1) is 7.61. The summed E-state index contributed by atoms with van der Waals surface area (Å²) >= 11 is 0. The van der Waals surface area contributed by atoms with E-state index in [0.717, 1.165) is 5.01 Å². The molecule has 0 aliphatic carbocycles. The van der Waals surface area contributed by atoms with Crippen molar-refractivity contribution < 1.29 is 9.59 Å². The van der Waals surface area contributed by atoms with Gasteiger partial charge in [0.1, 0.15) is 11.0 Å². The second-order valence-corrected chi connectivity index (χ2v) is 3.32. The van der Waals surface area contributed by atoms with E-state index in [1.165, 1.54) is 18.6 Å². The third kappa shape index (κ3) is 1.54. The van der Waals surface area contributed by atoms with Crippen LogP contribution >= 0.6 is 0 Å². The Labute approximate surface area is 91.4 Å². The molecule has 0 fully saturated rings. The SMILES string of the molecule is CC(=O)N(C(C)=O)n1nnc2ccccc21. The first kappa shape index (κ1) is 10.3. The van der Waals surface area contributed by atoms with Crippen LogP contribution in [-0.2, 0) is 9.59 Å². The molecule has 0 saturated carbocycles. The third-order valence-electron chi connectivity index (χ3n) is 2.12. The molecule has 0 atom stereocenters. The molecule has 82 valence electrons. The molecule has 2 aromatic rings. The highest BCUT2D eigenvalue weighted by molar-refractivity contribution is 6.07. The molecule has 0 spiro atoms. The first-order valence-electron chi connectivity index (χ1n) is 4.73. The monoisotopic (exact) mass is 218 g/mol. The summed E-state index contributed by atoms with van der Waals surface area (Å²) in [5, 5.41) is 8.60. The largest absolute Gasteiger partial charge is 0.273 e. The molecule has 0 saturated heterocycles. The minimum absolute atomic E-state index is 0.400. The highest BCUT2D eigenvalue weighted by atomic mass is 16.2. The van der Waals surface area contributed by atoms with Crippen LogP contribution in [0.25, 0.3) is 11.0 Å². The van der Waals surface area contributed by atoms with Crippen LogP contribution in [0.4, 0.5) is 0 Å². The number of aromatic nitrogens is 3. The Morgan fingerprint density at radius 2 is 1.81 bits per heavy atom. The van der Waals surface area contributed by atoms with E-state index < -0.39 is 11.8 Å². The number of nitrogens with zero attached hydrogens (tertiary/aromatic N) is 4. The van der Waals surface area contributed by atoms with E-state index in [2.05, 4.69) is 10.3 Å². The van der Waals surface area contributed by atoms with Gasteiger partial charge in [-0.1, -0.05) is 12.1 Å². The summed E-state index contributed by atoms with van der Waals surface area (Å²) in [7, 11) is 0. The maximum absolute atomic E-state index is 11.3. The molecule has 1 aromatic heterocycles. The quantitative estimate of drug-likeness (QED) is 0.697. The number of rotatable bonds is 1. The van der Waals surface area contributed by atoms with Crippen LogP contribution in [0.15, 0.2) is 24.3 Å². The van der Waals surface area contributed by atoms with Crippen molar-refractivity contribution in [1.82, 2.24) is 15.1 Å². The topological polar surface area (TPSA) is 68.1 Å². The molecule has 1 heterocycles. The zero-order chi connectivity index (χ0) is 11.7. The molecule has 1 aromatic carbocycles. The number of carbonyl (C=O) groups excluding carboxylic acids is 2. The van der Waals surface area contributed by atoms with Gasteiger partial charge in [-0.2, -0.15) is 5.01 Å². The van der Waals surface area contributed by atoms with Crippen molar-refractivity contribution in [1.29, 1.82) is 0 Å². The molecule has 0 radical (unpaired) electrons. The predicted octanol–water partition coefficient (Wildman–Crippen LogP) is 0.462. The molecule has 0 bridgehead atoms. The van der Waals surface area contributed by atoms with Crippen molar-refractivity contribution in [3.05, 3.63) is 24.3 Å². The predicted molar refractivity (Wildman–Crippen MR) is 57.1 cm³/mol.